The lowest BCUT2D eigenvalue weighted by atomic mass is 9.98. The Morgan fingerprint density at radius 1 is 1.43 bits per heavy atom. The van der Waals surface area contributed by atoms with Crippen molar-refractivity contribution in [3.8, 4) is 0 Å². The minimum Gasteiger partial charge on any atom is -0.375 e. The van der Waals surface area contributed by atoms with Crippen molar-refractivity contribution in [1.82, 2.24) is 4.90 Å². The zero-order valence-electron chi connectivity index (χ0n) is 10.5. The molecule has 0 aromatic rings. The molecule has 14 heavy (non-hydrogen) atoms. The van der Waals surface area contributed by atoms with Gasteiger partial charge in [-0.15, -0.1) is 0 Å². The third-order valence-electron chi connectivity index (χ3n) is 2.69. The molecule has 1 fully saturated rings. The van der Waals surface area contributed by atoms with Crippen LogP contribution in [0.2, 0.25) is 0 Å². The molecule has 0 amide bonds. The van der Waals surface area contributed by atoms with E-state index in [9.17, 15) is 0 Å². The van der Waals surface area contributed by atoms with E-state index in [1.54, 1.807) is 0 Å². The molecule has 1 heterocycles. The minimum atomic E-state index is 0.868. The highest BCUT2D eigenvalue weighted by Crippen LogP contribution is 2.23. The van der Waals surface area contributed by atoms with Gasteiger partial charge in [0.2, 0.25) is 0 Å². The quantitative estimate of drug-likeness (QED) is 0.659. The number of hydrogen-bond donors (Lipinski definition) is 0. The molecule has 0 radical (unpaired) electrons. The molecule has 0 N–H and O–H groups in total. The second-order valence-electron chi connectivity index (χ2n) is 4.01. The van der Waals surface area contributed by atoms with Crippen LogP contribution in [-0.2, 0) is 0 Å². The van der Waals surface area contributed by atoms with Crippen LogP contribution in [0.5, 0.6) is 0 Å². The van der Waals surface area contributed by atoms with Gasteiger partial charge < -0.3 is 4.90 Å². The first-order chi connectivity index (χ1) is 6.74. The van der Waals surface area contributed by atoms with Crippen molar-refractivity contribution in [3.05, 3.63) is 12.3 Å². The molecule has 0 spiro atoms. The molecule has 1 rings (SSSR count). The Balaban J connectivity index is 0.000000791. The Morgan fingerprint density at radius 3 is 2.64 bits per heavy atom. The van der Waals surface area contributed by atoms with Crippen LogP contribution in [0.25, 0.3) is 0 Å². The van der Waals surface area contributed by atoms with Crippen LogP contribution in [0, 0.1) is 5.92 Å². The summed E-state index contributed by atoms with van der Waals surface area (Å²) in [5.74, 6) is 0.868. The average molecular weight is 197 g/mol. The zero-order valence-corrected chi connectivity index (χ0v) is 10.5. The molecule has 1 unspecified atom stereocenters. The summed E-state index contributed by atoms with van der Waals surface area (Å²) >= 11 is 0. The van der Waals surface area contributed by atoms with Gasteiger partial charge in [-0.05, 0) is 25.2 Å². The molecule has 1 heteroatoms. The lowest BCUT2D eigenvalue weighted by Gasteiger charge is -2.34. The second kappa shape index (κ2) is 7.90. The fraction of sp³-hybridized carbons (Fsp3) is 0.846. The average Bonchev–Trinajstić information content (AvgIpc) is 2.22. The second-order valence-corrected chi connectivity index (χ2v) is 4.01. The van der Waals surface area contributed by atoms with Crippen LogP contribution in [0.4, 0.5) is 0 Å². The van der Waals surface area contributed by atoms with E-state index in [1.165, 1.54) is 44.5 Å². The first-order valence-electron chi connectivity index (χ1n) is 6.16. The molecule has 0 aliphatic carbocycles. The van der Waals surface area contributed by atoms with Crippen molar-refractivity contribution in [2.45, 2.75) is 53.4 Å². The van der Waals surface area contributed by atoms with Gasteiger partial charge in [0, 0.05) is 18.8 Å². The SMILES string of the molecule is C=C1CCC(C)CN1CCCC.CC. The van der Waals surface area contributed by atoms with E-state index in [-0.39, 0.29) is 0 Å². The smallest absolute Gasteiger partial charge is 0.0200 e. The molecule has 0 saturated carbocycles. The molecule has 1 nitrogen and oxygen atoms in total. The van der Waals surface area contributed by atoms with Crippen molar-refractivity contribution in [1.29, 1.82) is 0 Å². The van der Waals surface area contributed by atoms with Gasteiger partial charge in [-0.25, -0.2) is 0 Å². The summed E-state index contributed by atoms with van der Waals surface area (Å²) in [5, 5.41) is 0. The van der Waals surface area contributed by atoms with Gasteiger partial charge in [0.25, 0.3) is 0 Å². The van der Waals surface area contributed by atoms with Crippen molar-refractivity contribution < 1.29 is 0 Å². The molecule has 0 aromatic heterocycles. The molecule has 0 bridgehead atoms. The van der Waals surface area contributed by atoms with Crippen LogP contribution in [0.15, 0.2) is 12.3 Å². The van der Waals surface area contributed by atoms with Gasteiger partial charge >= 0.3 is 0 Å². The Bertz CT molecular complexity index is 151. The maximum Gasteiger partial charge on any atom is 0.0200 e. The van der Waals surface area contributed by atoms with Crippen LogP contribution < -0.4 is 0 Å². The summed E-state index contributed by atoms with van der Waals surface area (Å²) in [6.07, 6.45) is 5.15. The van der Waals surface area contributed by atoms with Gasteiger partial charge in [-0.3, -0.25) is 0 Å². The van der Waals surface area contributed by atoms with Gasteiger partial charge in [0.15, 0.2) is 0 Å². The van der Waals surface area contributed by atoms with Gasteiger partial charge in [-0.2, -0.15) is 0 Å². The Hall–Kier alpha value is -0.460. The van der Waals surface area contributed by atoms with E-state index >= 15 is 0 Å². The zero-order chi connectivity index (χ0) is 11.0. The highest BCUT2D eigenvalue weighted by atomic mass is 15.1. The number of likely N-dealkylation sites (tertiary alicyclic amines) is 1. The number of allylic oxidation sites excluding steroid dienone is 1. The van der Waals surface area contributed by atoms with Crippen molar-refractivity contribution >= 4 is 0 Å². The number of hydrogen-bond acceptors (Lipinski definition) is 1. The molecule has 1 aliphatic heterocycles. The molecule has 0 aromatic carbocycles. The summed E-state index contributed by atoms with van der Waals surface area (Å²) in [6.45, 7) is 15.2. The molecular formula is C13H27N. The predicted molar refractivity (Wildman–Crippen MR) is 65.4 cm³/mol. The van der Waals surface area contributed by atoms with E-state index in [1.807, 2.05) is 13.8 Å². The largest absolute Gasteiger partial charge is 0.375 e. The van der Waals surface area contributed by atoms with E-state index in [4.69, 9.17) is 0 Å². The third-order valence-corrected chi connectivity index (χ3v) is 2.69. The van der Waals surface area contributed by atoms with Gasteiger partial charge in [0.1, 0.15) is 0 Å². The number of nitrogens with zero attached hydrogens (tertiary/aromatic N) is 1. The molecule has 1 aliphatic rings. The molecule has 1 atom stereocenters. The maximum atomic E-state index is 4.11. The van der Waals surface area contributed by atoms with E-state index in [2.05, 4.69) is 25.3 Å². The van der Waals surface area contributed by atoms with Crippen molar-refractivity contribution in [2.24, 2.45) is 5.92 Å². The number of rotatable bonds is 3. The topological polar surface area (TPSA) is 3.24 Å². The summed E-state index contributed by atoms with van der Waals surface area (Å²) in [4.78, 5) is 2.47. The van der Waals surface area contributed by atoms with Crippen molar-refractivity contribution in [3.63, 3.8) is 0 Å². The lowest BCUT2D eigenvalue weighted by Crippen LogP contribution is -2.32. The molecule has 1 saturated heterocycles. The monoisotopic (exact) mass is 197 g/mol. The predicted octanol–water partition coefficient (Wildman–Crippen LogP) is 4.06. The minimum absolute atomic E-state index is 0.868. The van der Waals surface area contributed by atoms with E-state index in [0.29, 0.717) is 0 Å². The summed E-state index contributed by atoms with van der Waals surface area (Å²) in [7, 11) is 0. The Kier molecular flexibility index (Phi) is 7.64. The van der Waals surface area contributed by atoms with Crippen LogP contribution in [0.3, 0.4) is 0 Å². The van der Waals surface area contributed by atoms with Crippen molar-refractivity contribution in [2.75, 3.05) is 13.1 Å². The van der Waals surface area contributed by atoms with Crippen LogP contribution in [-0.4, -0.2) is 18.0 Å². The summed E-state index contributed by atoms with van der Waals surface area (Å²) in [5.41, 5.74) is 1.36. The Morgan fingerprint density at radius 2 is 2.07 bits per heavy atom. The molecular weight excluding hydrogens is 170 g/mol. The maximum absolute atomic E-state index is 4.11. The summed E-state index contributed by atoms with van der Waals surface area (Å²) in [6, 6.07) is 0. The molecule has 84 valence electrons. The normalized spacial score (nSPS) is 21.6. The highest BCUT2D eigenvalue weighted by molar-refractivity contribution is 4.98. The Labute approximate surface area is 90.2 Å². The van der Waals surface area contributed by atoms with Crippen LogP contribution in [0.1, 0.15) is 53.4 Å². The lowest BCUT2D eigenvalue weighted by molar-refractivity contribution is 0.235. The van der Waals surface area contributed by atoms with Gasteiger partial charge in [-0.1, -0.05) is 40.7 Å². The highest BCUT2D eigenvalue weighted by Gasteiger charge is 2.17. The van der Waals surface area contributed by atoms with Crippen LogP contribution >= 0.6 is 0 Å². The first kappa shape index (κ1) is 13.5. The number of piperidine rings is 1. The summed E-state index contributed by atoms with van der Waals surface area (Å²) < 4.78 is 0. The third kappa shape index (κ3) is 4.69. The first-order valence-corrected chi connectivity index (χ1v) is 6.16. The van der Waals surface area contributed by atoms with E-state index < -0.39 is 0 Å². The van der Waals surface area contributed by atoms with E-state index in [0.717, 1.165) is 5.92 Å². The standard InChI is InChI=1S/C11H21N.C2H6/c1-4-5-8-12-9-10(2)6-7-11(12)3;1-2/h10H,3-9H2,1-2H3;1-2H3. The van der Waals surface area contributed by atoms with Gasteiger partial charge in [0.05, 0.1) is 0 Å². The number of unbranched alkanes of at least 4 members (excludes halogenated alkanes) is 1. The fourth-order valence-corrected chi connectivity index (χ4v) is 1.77. The fourth-order valence-electron chi connectivity index (χ4n) is 1.77.